The van der Waals surface area contributed by atoms with Crippen LogP contribution in [0.4, 0.5) is 0 Å². The van der Waals surface area contributed by atoms with Crippen molar-refractivity contribution in [2.45, 2.75) is 70.8 Å². The van der Waals surface area contributed by atoms with Gasteiger partial charge >= 0.3 is 0 Å². The summed E-state index contributed by atoms with van der Waals surface area (Å²) < 4.78 is 5.67. The predicted octanol–water partition coefficient (Wildman–Crippen LogP) is 4.47. The molecule has 0 spiro atoms. The van der Waals surface area contributed by atoms with E-state index >= 15 is 0 Å². The van der Waals surface area contributed by atoms with Crippen molar-refractivity contribution < 1.29 is 9.84 Å². The molecule has 2 heteroatoms. The fourth-order valence-corrected chi connectivity index (χ4v) is 6.09. The minimum absolute atomic E-state index is 0.0770. The van der Waals surface area contributed by atoms with E-state index < -0.39 is 0 Å². The van der Waals surface area contributed by atoms with E-state index in [9.17, 15) is 5.11 Å². The Bertz CT molecular complexity index is 608. The van der Waals surface area contributed by atoms with Gasteiger partial charge in [0.1, 0.15) is 5.75 Å². The third-order valence-corrected chi connectivity index (χ3v) is 7.46. The van der Waals surface area contributed by atoms with Gasteiger partial charge in [0.2, 0.25) is 0 Å². The van der Waals surface area contributed by atoms with Crippen LogP contribution in [-0.2, 0) is 12.8 Å². The van der Waals surface area contributed by atoms with Gasteiger partial charge in [-0.2, -0.15) is 0 Å². The molecule has 3 aliphatic rings. The van der Waals surface area contributed by atoms with Gasteiger partial charge in [0.25, 0.3) is 0 Å². The van der Waals surface area contributed by atoms with Crippen molar-refractivity contribution in [3.63, 3.8) is 0 Å². The van der Waals surface area contributed by atoms with Gasteiger partial charge in [-0.05, 0) is 90.9 Å². The number of hydrogen-bond donors (Lipinski definition) is 1. The minimum atomic E-state index is -0.0770. The second-order valence-electron chi connectivity index (χ2n) is 8.27. The molecule has 4 rings (SSSR count). The summed E-state index contributed by atoms with van der Waals surface area (Å²) in [6.07, 6.45) is 8.11. The van der Waals surface area contributed by atoms with Crippen LogP contribution >= 0.6 is 0 Å². The van der Waals surface area contributed by atoms with Crippen molar-refractivity contribution in [3.05, 3.63) is 28.8 Å². The maximum Gasteiger partial charge on any atom is 0.122 e. The molecule has 0 heterocycles. The van der Waals surface area contributed by atoms with Gasteiger partial charge < -0.3 is 9.84 Å². The van der Waals surface area contributed by atoms with Gasteiger partial charge in [-0.3, -0.25) is 0 Å². The molecule has 2 fully saturated rings. The standard InChI is InChI=1S/C21H30O2/c1-4-13-11-14-5-6-16-15(17(14)12-19(13)23-3)9-10-21(2)18(16)7-8-20(21)22/h11-12,15-16,18,20,22H,4-10H2,1-3H3/t15-,16+,18-,20-,21-/m0/s1. The largest absolute Gasteiger partial charge is 0.496 e. The molecule has 126 valence electrons. The number of rotatable bonds is 2. The van der Waals surface area contributed by atoms with Crippen LogP contribution in [0.15, 0.2) is 12.1 Å². The van der Waals surface area contributed by atoms with Crippen molar-refractivity contribution in [2.24, 2.45) is 17.3 Å². The highest BCUT2D eigenvalue weighted by Gasteiger charge is 2.54. The Labute approximate surface area is 140 Å². The van der Waals surface area contributed by atoms with Crippen LogP contribution in [0.1, 0.15) is 68.6 Å². The van der Waals surface area contributed by atoms with Gasteiger partial charge in [0.15, 0.2) is 0 Å². The number of benzene rings is 1. The number of ether oxygens (including phenoxy) is 1. The highest BCUT2D eigenvalue weighted by atomic mass is 16.5. The summed E-state index contributed by atoms with van der Waals surface area (Å²) in [7, 11) is 1.80. The lowest BCUT2D eigenvalue weighted by Gasteiger charge is -2.50. The fourth-order valence-electron chi connectivity index (χ4n) is 6.09. The van der Waals surface area contributed by atoms with Crippen LogP contribution in [0.2, 0.25) is 0 Å². The normalized spacial score (nSPS) is 38.6. The quantitative estimate of drug-likeness (QED) is 0.872. The first-order valence-corrected chi connectivity index (χ1v) is 9.46. The molecule has 1 N–H and O–H groups in total. The summed E-state index contributed by atoms with van der Waals surface area (Å²) in [5.41, 5.74) is 4.64. The first-order valence-electron chi connectivity index (χ1n) is 9.46. The maximum absolute atomic E-state index is 10.5. The lowest BCUT2D eigenvalue weighted by molar-refractivity contribution is -0.0226. The summed E-state index contributed by atoms with van der Waals surface area (Å²) in [5, 5.41) is 10.5. The molecular weight excluding hydrogens is 284 g/mol. The summed E-state index contributed by atoms with van der Waals surface area (Å²) >= 11 is 0. The van der Waals surface area contributed by atoms with E-state index in [4.69, 9.17) is 4.74 Å². The molecule has 1 aromatic rings. The van der Waals surface area contributed by atoms with E-state index in [2.05, 4.69) is 26.0 Å². The summed E-state index contributed by atoms with van der Waals surface area (Å²) in [6.45, 7) is 4.56. The van der Waals surface area contributed by atoms with E-state index in [1.54, 1.807) is 18.2 Å². The van der Waals surface area contributed by atoms with Crippen LogP contribution in [-0.4, -0.2) is 18.3 Å². The molecule has 3 aliphatic carbocycles. The van der Waals surface area contributed by atoms with E-state index in [1.165, 1.54) is 37.7 Å². The topological polar surface area (TPSA) is 29.5 Å². The second-order valence-corrected chi connectivity index (χ2v) is 8.27. The van der Waals surface area contributed by atoms with Crippen LogP contribution in [0.25, 0.3) is 0 Å². The number of aliphatic hydroxyl groups excluding tert-OH is 1. The van der Waals surface area contributed by atoms with Crippen molar-refractivity contribution in [3.8, 4) is 5.75 Å². The van der Waals surface area contributed by atoms with Crippen molar-refractivity contribution in [2.75, 3.05) is 7.11 Å². The van der Waals surface area contributed by atoms with Gasteiger partial charge in [-0.25, -0.2) is 0 Å². The average Bonchev–Trinajstić information content (AvgIpc) is 2.88. The van der Waals surface area contributed by atoms with Crippen LogP contribution in [0, 0.1) is 17.3 Å². The Morgan fingerprint density at radius 1 is 1.22 bits per heavy atom. The molecular formula is C21H30O2. The Balaban J connectivity index is 1.72. The van der Waals surface area contributed by atoms with E-state index in [0.29, 0.717) is 11.8 Å². The Morgan fingerprint density at radius 2 is 2.04 bits per heavy atom. The summed E-state index contributed by atoms with van der Waals surface area (Å²) in [4.78, 5) is 0. The van der Waals surface area contributed by atoms with Crippen LogP contribution < -0.4 is 4.74 Å². The Hall–Kier alpha value is -1.02. The van der Waals surface area contributed by atoms with E-state index in [0.717, 1.165) is 24.5 Å². The zero-order valence-corrected chi connectivity index (χ0v) is 14.8. The Kier molecular flexibility index (Phi) is 3.72. The van der Waals surface area contributed by atoms with Crippen molar-refractivity contribution in [1.82, 2.24) is 0 Å². The SMILES string of the molecule is CCc1cc2c(cc1OC)[C@H]1CC[C@]3(C)[C@@H](O)CC[C@H]3[C@@H]1CC2. The smallest absolute Gasteiger partial charge is 0.122 e. The second kappa shape index (κ2) is 5.51. The lowest BCUT2D eigenvalue weighted by atomic mass is 9.55. The van der Waals surface area contributed by atoms with Gasteiger partial charge in [0, 0.05) is 0 Å². The third kappa shape index (κ3) is 2.17. The number of aliphatic hydroxyl groups is 1. The molecule has 0 unspecified atom stereocenters. The van der Waals surface area contributed by atoms with Crippen molar-refractivity contribution in [1.29, 1.82) is 0 Å². The third-order valence-electron chi connectivity index (χ3n) is 7.46. The zero-order chi connectivity index (χ0) is 16.2. The molecule has 0 bridgehead atoms. The monoisotopic (exact) mass is 314 g/mol. The fraction of sp³-hybridized carbons (Fsp3) is 0.714. The molecule has 1 aromatic carbocycles. The predicted molar refractivity (Wildman–Crippen MR) is 93.0 cm³/mol. The van der Waals surface area contributed by atoms with Gasteiger partial charge in [0.05, 0.1) is 13.2 Å². The summed E-state index contributed by atoms with van der Waals surface area (Å²) in [6, 6.07) is 4.75. The summed E-state index contributed by atoms with van der Waals surface area (Å²) in [5.74, 6) is 3.23. The Morgan fingerprint density at radius 3 is 2.78 bits per heavy atom. The molecule has 5 atom stereocenters. The number of fused-ring (bicyclic) bond motifs is 5. The minimum Gasteiger partial charge on any atom is -0.496 e. The molecule has 0 aliphatic heterocycles. The molecule has 0 saturated heterocycles. The lowest BCUT2D eigenvalue weighted by Crippen LogP contribution is -2.43. The molecule has 23 heavy (non-hydrogen) atoms. The maximum atomic E-state index is 10.5. The molecule has 0 amide bonds. The number of aryl methyl sites for hydroxylation is 2. The van der Waals surface area contributed by atoms with Crippen LogP contribution in [0.5, 0.6) is 5.75 Å². The number of hydrogen-bond acceptors (Lipinski definition) is 2. The van der Waals surface area contributed by atoms with Crippen molar-refractivity contribution >= 4 is 0 Å². The van der Waals surface area contributed by atoms with E-state index in [1.807, 2.05) is 0 Å². The first-order chi connectivity index (χ1) is 11.1. The van der Waals surface area contributed by atoms with E-state index in [-0.39, 0.29) is 11.5 Å². The number of methoxy groups -OCH3 is 1. The molecule has 2 nitrogen and oxygen atoms in total. The molecule has 0 radical (unpaired) electrons. The highest BCUT2D eigenvalue weighted by molar-refractivity contribution is 5.46. The molecule has 2 saturated carbocycles. The highest BCUT2D eigenvalue weighted by Crippen LogP contribution is 2.61. The van der Waals surface area contributed by atoms with Crippen LogP contribution in [0.3, 0.4) is 0 Å². The van der Waals surface area contributed by atoms with Gasteiger partial charge in [-0.15, -0.1) is 0 Å². The first kappa shape index (κ1) is 15.5. The van der Waals surface area contributed by atoms with Gasteiger partial charge in [-0.1, -0.05) is 19.9 Å². The molecule has 0 aromatic heterocycles. The zero-order valence-electron chi connectivity index (χ0n) is 14.8. The average molecular weight is 314 g/mol.